The number of phenols is 4. The van der Waals surface area contributed by atoms with Gasteiger partial charge in [0.2, 0.25) is 23.8 Å². The van der Waals surface area contributed by atoms with Gasteiger partial charge in [-0.25, -0.2) is 4.79 Å². The smallest absolute Gasteiger partial charge is 0.330 e. The molecular weight excluding hydrogens is 720 g/mol. The van der Waals surface area contributed by atoms with E-state index in [1.807, 2.05) is 0 Å². The molecule has 2 aliphatic rings. The average molecular weight is 755 g/mol. The third-order valence-corrected chi connectivity index (χ3v) is 8.52. The van der Waals surface area contributed by atoms with Crippen LogP contribution in [0.2, 0.25) is 0 Å². The van der Waals surface area contributed by atoms with Gasteiger partial charge in [-0.05, 0) is 55.0 Å². The van der Waals surface area contributed by atoms with Gasteiger partial charge in [-0.3, -0.25) is 4.79 Å². The Kier molecular flexibility index (Phi) is 10.6. The summed E-state index contributed by atoms with van der Waals surface area (Å²) in [6, 6.07) is 11.1. The molecule has 1 fully saturated rings. The minimum atomic E-state index is -1.99. The lowest BCUT2D eigenvalue weighted by molar-refractivity contribution is -0.278. The van der Waals surface area contributed by atoms with E-state index in [2.05, 4.69) is 0 Å². The van der Waals surface area contributed by atoms with Crippen LogP contribution in [0, 0.1) is 0 Å². The Morgan fingerprint density at radius 3 is 2.20 bits per heavy atom. The van der Waals surface area contributed by atoms with E-state index in [4.69, 9.17) is 28.1 Å². The summed E-state index contributed by atoms with van der Waals surface area (Å²) in [6.45, 7) is 0.699. The molecule has 1 aromatic heterocycles. The summed E-state index contributed by atoms with van der Waals surface area (Å²) in [5.41, 5.74) is -0.862. The Hall–Kier alpha value is -6.02. The van der Waals surface area contributed by atoms with E-state index in [-0.39, 0.29) is 34.2 Å². The summed E-state index contributed by atoms with van der Waals surface area (Å²) in [6.07, 6.45) is -11.4. The molecule has 286 valence electrons. The van der Waals surface area contributed by atoms with Crippen LogP contribution in [0.3, 0.4) is 0 Å². The van der Waals surface area contributed by atoms with Gasteiger partial charge < -0.3 is 79.2 Å². The molecule has 54 heavy (non-hydrogen) atoms. The molecule has 8 atom stereocenters. The molecule has 0 radical (unpaired) electrons. The predicted molar refractivity (Wildman–Crippen MR) is 182 cm³/mol. The quantitative estimate of drug-likeness (QED) is 0.0658. The van der Waals surface area contributed by atoms with Crippen LogP contribution in [0.25, 0.3) is 28.4 Å². The number of hydrogen-bond donors (Lipinski definition) is 10. The van der Waals surface area contributed by atoms with Crippen LogP contribution in [0.5, 0.6) is 34.5 Å². The van der Waals surface area contributed by atoms with Crippen molar-refractivity contribution in [1.29, 1.82) is 0 Å². The number of rotatable bonds is 9. The molecule has 4 aromatic rings. The molecule has 3 aromatic carbocycles. The highest BCUT2D eigenvalue weighted by molar-refractivity contribution is 5.88. The number of aromatic hydroxyl groups is 4. The molecule has 10 N–H and O–H groups in total. The van der Waals surface area contributed by atoms with Crippen molar-refractivity contribution in [3.63, 3.8) is 0 Å². The Bertz CT molecular complexity index is 2160. The zero-order valence-corrected chi connectivity index (χ0v) is 27.9. The van der Waals surface area contributed by atoms with Crippen molar-refractivity contribution in [3.05, 3.63) is 88.0 Å². The number of benzene rings is 3. The van der Waals surface area contributed by atoms with Crippen molar-refractivity contribution < 1.29 is 84.0 Å². The number of ether oxygens (including phenoxy) is 5. The van der Waals surface area contributed by atoms with Crippen LogP contribution in [0.4, 0.5) is 0 Å². The second-order valence-corrected chi connectivity index (χ2v) is 12.3. The van der Waals surface area contributed by atoms with Crippen molar-refractivity contribution in [2.45, 2.75) is 56.1 Å². The molecule has 0 spiro atoms. The maximum Gasteiger partial charge on any atom is 0.330 e. The molecular formula is C36H34O18. The SMILES string of the molecule is CC1O[C@@H](Oc2cc(O)c3c(=O)c(O[C@@H]4OC(COC(=O)/C=C/c5ccc(O)c(O)c5)[C@@H](O)C(O)C4O)c(-c4ccc(O)cc4)oc3c2)C(O)C(O)=C1O. The molecule has 18 nitrogen and oxygen atoms in total. The van der Waals surface area contributed by atoms with E-state index >= 15 is 0 Å². The van der Waals surface area contributed by atoms with E-state index in [9.17, 15) is 60.7 Å². The lowest BCUT2D eigenvalue weighted by atomic mass is 9.99. The first kappa shape index (κ1) is 37.7. The maximum atomic E-state index is 14.0. The van der Waals surface area contributed by atoms with Crippen molar-refractivity contribution in [2.24, 2.45) is 0 Å². The number of aliphatic hydroxyl groups is 6. The monoisotopic (exact) mass is 754 g/mol. The van der Waals surface area contributed by atoms with E-state index in [0.29, 0.717) is 5.56 Å². The first-order valence-electron chi connectivity index (χ1n) is 16.1. The van der Waals surface area contributed by atoms with Crippen LogP contribution in [-0.2, 0) is 19.0 Å². The Morgan fingerprint density at radius 1 is 0.778 bits per heavy atom. The van der Waals surface area contributed by atoms with Gasteiger partial charge in [0.1, 0.15) is 65.3 Å². The van der Waals surface area contributed by atoms with E-state index in [1.165, 1.54) is 55.5 Å². The number of aliphatic hydroxyl groups excluding tert-OH is 6. The lowest BCUT2D eigenvalue weighted by Gasteiger charge is -2.39. The highest BCUT2D eigenvalue weighted by atomic mass is 16.7. The van der Waals surface area contributed by atoms with Crippen LogP contribution in [0.15, 0.2) is 81.4 Å². The number of fused-ring (bicyclic) bond motifs is 1. The van der Waals surface area contributed by atoms with Crippen molar-refractivity contribution in [3.8, 4) is 45.8 Å². The second-order valence-electron chi connectivity index (χ2n) is 12.3. The minimum absolute atomic E-state index is 0.128. The molecule has 18 heteroatoms. The van der Waals surface area contributed by atoms with Gasteiger partial charge in [0.25, 0.3) is 0 Å². The molecule has 3 heterocycles. The Morgan fingerprint density at radius 2 is 1.50 bits per heavy atom. The van der Waals surface area contributed by atoms with Crippen molar-refractivity contribution >= 4 is 23.0 Å². The molecule has 0 bridgehead atoms. The fourth-order valence-corrected chi connectivity index (χ4v) is 5.58. The number of hydrogen-bond acceptors (Lipinski definition) is 18. The third kappa shape index (κ3) is 7.55. The van der Waals surface area contributed by atoms with Gasteiger partial charge in [-0.15, -0.1) is 0 Å². The molecule has 0 saturated carbocycles. The van der Waals surface area contributed by atoms with Crippen LogP contribution in [-0.4, -0.2) is 113 Å². The topological polar surface area (TPSA) is 296 Å². The molecule has 2 aliphatic heterocycles. The van der Waals surface area contributed by atoms with Crippen molar-refractivity contribution in [2.75, 3.05) is 6.61 Å². The standard InChI is InChI=1S/C36H34O18/c1-14-26(42)29(45)31(47)35(50-14)51-18-11-21(40)25-22(12-18)52-33(16-4-6-17(37)7-5-16)34(28(25)44)54-36-32(48)30(46)27(43)23(53-36)13-49-24(41)9-3-15-2-8-19(38)20(39)10-15/h2-12,14,23,27,30-32,35-40,42-43,45-48H,13H2,1H3/b9-3+/t14?,23?,27-,30?,31?,32?,35+,36+/m1/s1. The van der Waals surface area contributed by atoms with Gasteiger partial charge in [0.05, 0.1) is 0 Å². The van der Waals surface area contributed by atoms with Crippen LogP contribution >= 0.6 is 0 Å². The maximum absolute atomic E-state index is 14.0. The van der Waals surface area contributed by atoms with Gasteiger partial charge in [0, 0.05) is 23.8 Å². The molecule has 0 amide bonds. The number of carbonyl (C=O) groups is 1. The first-order chi connectivity index (χ1) is 25.6. The minimum Gasteiger partial charge on any atom is -0.508 e. The average Bonchev–Trinajstić information content (AvgIpc) is 3.14. The van der Waals surface area contributed by atoms with E-state index < -0.39 is 101 Å². The normalized spacial score (nSPS) is 25.9. The molecule has 5 unspecified atom stereocenters. The predicted octanol–water partition coefficient (Wildman–Crippen LogP) is 1.54. The van der Waals surface area contributed by atoms with E-state index in [0.717, 1.165) is 18.2 Å². The lowest BCUT2D eigenvalue weighted by Crippen LogP contribution is -2.60. The second kappa shape index (κ2) is 15.1. The number of carbonyl (C=O) groups excluding carboxylic acids is 1. The van der Waals surface area contributed by atoms with Crippen LogP contribution < -0.4 is 14.9 Å². The van der Waals surface area contributed by atoms with Gasteiger partial charge >= 0.3 is 5.97 Å². The van der Waals surface area contributed by atoms with Gasteiger partial charge in [-0.2, -0.15) is 0 Å². The zero-order valence-electron chi connectivity index (χ0n) is 27.9. The highest BCUT2D eigenvalue weighted by Gasteiger charge is 2.46. The summed E-state index contributed by atoms with van der Waals surface area (Å²) in [4.78, 5) is 26.4. The molecule has 1 saturated heterocycles. The third-order valence-electron chi connectivity index (χ3n) is 8.52. The number of esters is 1. The molecule has 6 rings (SSSR count). The fourth-order valence-electron chi connectivity index (χ4n) is 5.58. The summed E-state index contributed by atoms with van der Waals surface area (Å²) in [5.74, 6) is -5.21. The fraction of sp³-hybridized carbons (Fsp3) is 0.278. The number of phenolic OH excluding ortho intramolecular Hbond substituents is 4. The van der Waals surface area contributed by atoms with E-state index in [1.54, 1.807) is 0 Å². The zero-order chi connectivity index (χ0) is 39.0. The highest BCUT2D eigenvalue weighted by Crippen LogP contribution is 2.39. The van der Waals surface area contributed by atoms with Gasteiger partial charge in [-0.1, -0.05) is 6.07 Å². The van der Waals surface area contributed by atoms with Crippen molar-refractivity contribution in [1.82, 2.24) is 0 Å². The first-order valence-corrected chi connectivity index (χ1v) is 16.1. The summed E-state index contributed by atoms with van der Waals surface area (Å²) >= 11 is 0. The van der Waals surface area contributed by atoms with Crippen LogP contribution in [0.1, 0.15) is 12.5 Å². The summed E-state index contributed by atoms with van der Waals surface area (Å²) < 4.78 is 33.6. The molecule has 0 aliphatic carbocycles. The van der Waals surface area contributed by atoms with Gasteiger partial charge in [0.15, 0.2) is 34.9 Å². The summed E-state index contributed by atoms with van der Waals surface area (Å²) in [7, 11) is 0. The Labute approximate surface area is 303 Å². The Balaban J connectivity index is 1.29. The largest absolute Gasteiger partial charge is 0.508 e. The summed E-state index contributed by atoms with van der Waals surface area (Å²) in [5, 5.41) is 102.